The monoisotopic (exact) mass is 228 g/mol. The van der Waals surface area contributed by atoms with Gasteiger partial charge in [-0.05, 0) is 0 Å². The highest BCUT2D eigenvalue weighted by Gasteiger charge is 2.32. The molecule has 0 aromatic carbocycles. The zero-order valence-corrected chi connectivity index (χ0v) is 8.61. The van der Waals surface area contributed by atoms with Crippen LogP contribution in [-0.4, -0.2) is 40.4 Å². The number of anilines is 2. The van der Waals surface area contributed by atoms with Crippen molar-refractivity contribution < 1.29 is 14.2 Å². The minimum absolute atomic E-state index is 0.00664. The van der Waals surface area contributed by atoms with Crippen molar-refractivity contribution in [1.29, 1.82) is 0 Å². The van der Waals surface area contributed by atoms with E-state index in [1.54, 1.807) is 0 Å². The first kappa shape index (κ1) is 11.0. The number of hydrogen-bond acceptors (Lipinski definition) is 6. The molecule has 4 N–H and O–H groups in total. The molecule has 0 spiro atoms. The zero-order valence-electron chi connectivity index (χ0n) is 8.61. The van der Waals surface area contributed by atoms with Crippen LogP contribution in [0.25, 0.3) is 0 Å². The highest BCUT2D eigenvalue weighted by atomic mass is 19.1. The van der Waals surface area contributed by atoms with Crippen LogP contribution in [0.2, 0.25) is 0 Å². The molecule has 1 aromatic heterocycles. The van der Waals surface area contributed by atoms with Gasteiger partial charge < -0.3 is 20.9 Å². The number of nitrogens with two attached hydrogens (primary N) is 1. The van der Waals surface area contributed by atoms with Crippen molar-refractivity contribution in [3.63, 3.8) is 0 Å². The molecule has 1 saturated heterocycles. The fourth-order valence-corrected chi connectivity index (χ4v) is 1.49. The third kappa shape index (κ3) is 2.37. The van der Waals surface area contributed by atoms with E-state index in [1.165, 1.54) is 0 Å². The Morgan fingerprint density at radius 1 is 1.69 bits per heavy atom. The molecule has 0 amide bonds. The highest BCUT2D eigenvalue weighted by molar-refractivity contribution is 5.39. The normalized spacial score (nSPS) is 24.6. The van der Waals surface area contributed by atoms with Gasteiger partial charge in [0.15, 0.2) is 11.6 Å². The van der Waals surface area contributed by atoms with Crippen molar-refractivity contribution in [3.05, 3.63) is 12.0 Å². The van der Waals surface area contributed by atoms with E-state index in [-0.39, 0.29) is 24.9 Å². The summed E-state index contributed by atoms with van der Waals surface area (Å²) in [5.74, 6) is -0.622. The fourth-order valence-electron chi connectivity index (χ4n) is 1.49. The first-order chi connectivity index (χ1) is 7.59. The van der Waals surface area contributed by atoms with Gasteiger partial charge in [-0.15, -0.1) is 0 Å². The third-order valence-corrected chi connectivity index (χ3v) is 2.43. The summed E-state index contributed by atoms with van der Waals surface area (Å²) >= 11 is 0. The molecule has 1 aromatic rings. The van der Waals surface area contributed by atoms with Crippen LogP contribution in [0.15, 0.2) is 6.20 Å². The van der Waals surface area contributed by atoms with Gasteiger partial charge >= 0.3 is 0 Å². The number of nitrogens with zero attached hydrogens (tertiary/aromatic N) is 2. The molecule has 6 nitrogen and oxygen atoms in total. The molecular weight excluding hydrogens is 215 g/mol. The molecule has 2 heterocycles. The Kier molecular flexibility index (Phi) is 2.88. The van der Waals surface area contributed by atoms with Crippen molar-refractivity contribution in [2.45, 2.75) is 12.0 Å². The van der Waals surface area contributed by atoms with E-state index < -0.39 is 11.4 Å². The van der Waals surface area contributed by atoms with Gasteiger partial charge in [-0.25, -0.2) is 9.37 Å². The minimum Gasteiger partial charge on any atom is -0.386 e. The number of nitrogen functional groups attached to an aromatic ring is 1. The van der Waals surface area contributed by atoms with Crippen LogP contribution in [0.5, 0.6) is 0 Å². The molecule has 1 atom stereocenters. The molecule has 1 unspecified atom stereocenters. The summed E-state index contributed by atoms with van der Waals surface area (Å²) in [7, 11) is 0. The topological polar surface area (TPSA) is 93.3 Å². The van der Waals surface area contributed by atoms with Gasteiger partial charge in [0.25, 0.3) is 0 Å². The molecule has 0 bridgehead atoms. The Hall–Kier alpha value is -1.47. The largest absolute Gasteiger partial charge is 0.386 e. The Balaban J connectivity index is 2.01. The van der Waals surface area contributed by atoms with Crippen molar-refractivity contribution >= 4 is 11.8 Å². The summed E-state index contributed by atoms with van der Waals surface area (Å²) in [5.41, 5.74) is 4.36. The Bertz CT molecular complexity index is 382. The van der Waals surface area contributed by atoms with E-state index in [0.717, 1.165) is 6.20 Å². The van der Waals surface area contributed by atoms with Crippen molar-refractivity contribution in [2.24, 2.45) is 0 Å². The van der Waals surface area contributed by atoms with E-state index in [0.29, 0.717) is 13.0 Å². The minimum atomic E-state index is -0.966. The number of halogens is 1. The molecule has 2 rings (SSSR count). The van der Waals surface area contributed by atoms with E-state index in [9.17, 15) is 9.50 Å². The molecule has 1 aliphatic rings. The Labute approximate surface area is 91.7 Å². The summed E-state index contributed by atoms with van der Waals surface area (Å²) in [4.78, 5) is 7.19. The summed E-state index contributed by atoms with van der Waals surface area (Å²) in [6.45, 7) is 0.912. The van der Waals surface area contributed by atoms with Crippen LogP contribution < -0.4 is 11.1 Å². The van der Waals surface area contributed by atoms with Crippen LogP contribution in [-0.2, 0) is 4.74 Å². The first-order valence-corrected chi connectivity index (χ1v) is 4.91. The summed E-state index contributed by atoms with van der Waals surface area (Å²) in [5, 5.41) is 12.6. The molecule has 88 valence electrons. The molecule has 0 saturated carbocycles. The predicted molar refractivity (Wildman–Crippen MR) is 55.3 cm³/mol. The van der Waals surface area contributed by atoms with Crippen molar-refractivity contribution in [3.8, 4) is 0 Å². The van der Waals surface area contributed by atoms with Gasteiger partial charge in [0.1, 0.15) is 5.60 Å². The maximum absolute atomic E-state index is 13.2. The van der Waals surface area contributed by atoms with Gasteiger partial charge in [0.2, 0.25) is 5.95 Å². The van der Waals surface area contributed by atoms with Gasteiger partial charge in [-0.3, -0.25) is 0 Å². The lowest BCUT2D eigenvalue weighted by Crippen LogP contribution is -2.37. The maximum atomic E-state index is 13.2. The lowest BCUT2D eigenvalue weighted by Gasteiger charge is -2.20. The summed E-state index contributed by atoms with van der Waals surface area (Å²) < 4.78 is 18.3. The second-order valence-electron chi connectivity index (χ2n) is 3.81. The van der Waals surface area contributed by atoms with Crippen molar-refractivity contribution in [2.75, 3.05) is 30.8 Å². The fraction of sp³-hybridized carbons (Fsp3) is 0.556. The summed E-state index contributed by atoms with van der Waals surface area (Å²) in [6.07, 6.45) is 1.50. The maximum Gasteiger partial charge on any atom is 0.222 e. The second-order valence-corrected chi connectivity index (χ2v) is 3.81. The standard InChI is InChI=1S/C9H13FN4O2/c10-6-3-12-8(11)14-7(6)13-4-9(15)1-2-16-5-9/h3,15H,1-2,4-5H2,(H3,11,12,13,14). The molecule has 0 radical (unpaired) electrons. The number of nitrogens with one attached hydrogen (secondary N) is 1. The van der Waals surface area contributed by atoms with Gasteiger partial charge in [0.05, 0.1) is 12.8 Å². The number of ether oxygens (including phenoxy) is 1. The van der Waals surface area contributed by atoms with E-state index in [1.807, 2.05) is 0 Å². The molecule has 16 heavy (non-hydrogen) atoms. The molecule has 1 aliphatic heterocycles. The lowest BCUT2D eigenvalue weighted by atomic mass is 10.0. The predicted octanol–water partition coefficient (Wildman–Crippen LogP) is -0.239. The molecular formula is C9H13FN4O2. The van der Waals surface area contributed by atoms with Crippen LogP contribution >= 0.6 is 0 Å². The smallest absolute Gasteiger partial charge is 0.222 e. The Morgan fingerprint density at radius 2 is 2.50 bits per heavy atom. The summed E-state index contributed by atoms with van der Waals surface area (Å²) in [6, 6.07) is 0. The first-order valence-electron chi connectivity index (χ1n) is 4.91. The van der Waals surface area contributed by atoms with Crippen LogP contribution in [0.4, 0.5) is 16.2 Å². The van der Waals surface area contributed by atoms with Crippen LogP contribution in [0.1, 0.15) is 6.42 Å². The number of aliphatic hydroxyl groups is 1. The molecule has 0 aliphatic carbocycles. The average molecular weight is 228 g/mol. The average Bonchev–Trinajstić information content (AvgIpc) is 2.67. The number of aromatic nitrogens is 2. The van der Waals surface area contributed by atoms with Gasteiger partial charge in [-0.2, -0.15) is 4.98 Å². The zero-order chi connectivity index (χ0) is 11.6. The highest BCUT2D eigenvalue weighted by Crippen LogP contribution is 2.19. The van der Waals surface area contributed by atoms with Crippen LogP contribution in [0.3, 0.4) is 0 Å². The third-order valence-electron chi connectivity index (χ3n) is 2.43. The van der Waals surface area contributed by atoms with Gasteiger partial charge in [0, 0.05) is 19.6 Å². The second kappa shape index (κ2) is 4.18. The van der Waals surface area contributed by atoms with Crippen LogP contribution in [0, 0.1) is 5.82 Å². The number of rotatable bonds is 3. The van der Waals surface area contributed by atoms with E-state index >= 15 is 0 Å². The quantitative estimate of drug-likeness (QED) is 0.661. The lowest BCUT2D eigenvalue weighted by molar-refractivity contribution is 0.0381. The van der Waals surface area contributed by atoms with E-state index in [4.69, 9.17) is 10.5 Å². The van der Waals surface area contributed by atoms with Gasteiger partial charge in [-0.1, -0.05) is 0 Å². The number of hydrogen-bond donors (Lipinski definition) is 3. The molecule has 7 heteroatoms. The SMILES string of the molecule is Nc1ncc(F)c(NCC2(O)CCOC2)n1. The Morgan fingerprint density at radius 3 is 3.19 bits per heavy atom. The van der Waals surface area contributed by atoms with Crippen molar-refractivity contribution in [1.82, 2.24) is 9.97 Å². The van der Waals surface area contributed by atoms with E-state index in [2.05, 4.69) is 15.3 Å². The molecule has 1 fully saturated rings.